The number of amides is 1. The first-order valence-electron chi connectivity index (χ1n) is 11.3. The summed E-state index contributed by atoms with van der Waals surface area (Å²) in [6.07, 6.45) is 5.24. The van der Waals surface area contributed by atoms with Gasteiger partial charge in [0.2, 0.25) is 0 Å². The molecule has 33 heavy (non-hydrogen) atoms. The molecule has 0 radical (unpaired) electrons. The third-order valence-corrected chi connectivity index (χ3v) is 7.14. The molecule has 1 spiro atoms. The number of hydrogen-bond donors (Lipinski definition) is 0. The lowest BCUT2D eigenvalue weighted by atomic mass is 9.68. The predicted molar refractivity (Wildman–Crippen MR) is 125 cm³/mol. The number of nitriles is 1. The average molecular weight is 445 g/mol. The van der Waals surface area contributed by atoms with Crippen molar-refractivity contribution in [3.8, 4) is 11.8 Å². The molecular weight excluding hydrogens is 416 g/mol. The largest absolute Gasteiger partial charge is 0.497 e. The fraction of sp³-hybridized carbons (Fsp3) is 0.423. The van der Waals surface area contributed by atoms with Gasteiger partial charge in [0.05, 0.1) is 48.3 Å². The van der Waals surface area contributed by atoms with E-state index in [0.29, 0.717) is 12.1 Å². The molecule has 1 aromatic heterocycles. The van der Waals surface area contributed by atoms with E-state index in [1.165, 1.54) is 0 Å². The van der Waals surface area contributed by atoms with Gasteiger partial charge in [0.25, 0.3) is 0 Å². The number of aromatic nitrogens is 2. The SMILES string of the molecule is COc1ccc(C)c(N2C[C@@]3(CCC[C@](C)(Cn4cnc5ccc(C#N)cc54)C3)OC2=O)c1. The summed E-state index contributed by atoms with van der Waals surface area (Å²) >= 11 is 0. The summed E-state index contributed by atoms with van der Waals surface area (Å²) < 4.78 is 13.6. The minimum Gasteiger partial charge on any atom is -0.497 e. The van der Waals surface area contributed by atoms with E-state index in [2.05, 4.69) is 22.5 Å². The summed E-state index contributed by atoms with van der Waals surface area (Å²) in [6.45, 7) is 5.56. The van der Waals surface area contributed by atoms with Gasteiger partial charge in [-0.05, 0) is 67.9 Å². The van der Waals surface area contributed by atoms with Gasteiger partial charge in [0.1, 0.15) is 11.4 Å². The monoisotopic (exact) mass is 444 g/mol. The van der Waals surface area contributed by atoms with Gasteiger partial charge in [-0.1, -0.05) is 13.0 Å². The van der Waals surface area contributed by atoms with Crippen LogP contribution in [0.25, 0.3) is 11.0 Å². The van der Waals surface area contributed by atoms with Crippen molar-refractivity contribution >= 4 is 22.8 Å². The predicted octanol–water partition coefficient (Wildman–Crippen LogP) is 5.20. The molecule has 1 amide bonds. The zero-order chi connectivity index (χ0) is 23.2. The van der Waals surface area contributed by atoms with E-state index in [0.717, 1.165) is 60.3 Å². The Balaban J connectivity index is 1.41. The van der Waals surface area contributed by atoms with Gasteiger partial charge in [0, 0.05) is 12.6 Å². The van der Waals surface area contributed by atoms with Crippen LogP contribution in [0.2, 0.25) is 0 Å². The number of carbonyl (C=O) groups is 1. The average Bonchev–Trinajstić information content (AvgIpc) is 3.33. The van der Waals surface area contributed by atoms with Gasteiger partial charge in [-0.3, -0.25) is 4.90 Å². The number of rotatable bonds is 4. The fourth-order valence-electron chi connectivity index (χ4n) is 5.63. The smallest absolute Gasteiger partial charge is 0.415 e. The van der Waals surface area contributed by atoms with Crippen LogP contribution in [0.4, 0.5) is 10.5 Å². The Bertz CT molecular complexity index is 1280. The third kappa shape index (κ3) is 3.80. The minimum absolute atomic E-state index is 0.0613. The molecule has 2 fully saturated rings. The molecule has 0 N–H and O–H groups in total. The molecule has 0 bridgehead atoms. The maximum Gasteiger partial charge on any atom is 0.415 e. The van der Waals surface area contributed by atoms with Crippen molar-refractivity contribution in [3.63, 3.8) is 0 Å². The van der Waals surface area contributed by atoms with Crippen molar-refractivity contribution in [1.29, 1.82) is 5.26 Å². The Labute approximate surface area is 193 Å². The van der Waals surface area contributed by atoms with E-state index in [1.807, 2.05) is 43.6 Å². The number of ether oxygens (including phenoxy) is 2. The van der Waals surface area contributed by atoms with E-state index in [1.54, 1.807) is 18.1 Å². The van der Waals surface area contributed by atoms with Crippen molar-refractivity contribution in [2.24, 2.45) is 5.41 Å². The molecule has 7 heteroatoms. The lowest BCUT2D eigenvalue weighted by Crippen LogP contribution is -2.45. The molecule has 1 aliphatic carbocycles. The molecule has 2 aromatic carbocycles. The first-order valence-corrected chi connectivity index (χ1v) is 11.3. The van der Waals surface area contributed by atoms with E-state index in [4.69, 9.17) is 9.47 Å². The fourth-order valence-corrected chi connectivity index (χ4v) is 5.63. The quantitative estimate of drug-likeness (QED) is 0.552. The summed E-state index contributed by atoms with van der Waals surface area (Å²) in [5.41, 5.74) is 3.77. The van der Waals surface area contributed by atoms with Crippen LogP contribution in [-0.4, -0.2) is 34.9 Å². The number of benzene rings is 2. The van der Waals surface area contributed by atoms with Crippen LogP contribution in [0, 0.1) is 23.7 Å². The first kappa shape index (κ1) is 21.3. The molecule has 170 valence electrons. The maximum atomic E-state index is 13.0. The molecular formula is C26H28N4O3. The molecule has 2 atom stereocenters. The minimum atomic E-state index is -0.506. The second-order valence-electron chi connectivity index (χ2n) is 9.82. The highest BCUT2D eigenvalue weighted by Crippen LogP contribution is 2.48. The summed E-state index contributed by atoms with van der Waals surface area (Å²) in [6, 6.07) is 13.6. The van der Waals surface area contributed by atoms with Gasteiger partial charge < -0.3 is 14.0 Å². The van der Waals surface area contributed by atoms with E-state index in [9.17, 15) is 10.1 Å². The van der Waals surface area contributed by atoms with Crippen molar-refractivity contribution in [3.05, 3.63) is 53.9 Å². The number of methoxy groups -OCH3 is 1. The van der Waals surface area contributed by atoms with Crippen LogP contribution in [0.5, 0.6) is 5.75 Å². The second kappa shape index (κ2) is 7.80. The van der Waals surface area contributed by atoms with Gasteiger partial charge in [-0.15, -0.1) is 0 Å². The van der Waals surface area contributed by atoms with Crippen molar-refractivity contribution < 1.29 is 14.3 Å². The summed E-state index contributed by atoms with van der Waals surface area (Å²) in [7, 11) is 1.63. The molecule has 1 aliphatic heterocycles. The Morgan fingerprint density at radius 1 is 1.24 bits per heavy atom. The Morgan fingerprint density at radius 3 is 2.88 bits per heavy atom. The highest BCUT2D eigenvalue weighted by Gasteiger charge is 2.52. The first-order chi connectivity index (χ1) is 15.8. The molecule has 7 nitrogen and oxygen atoms in total. The van der Waals surface area contributed by atoms with Crippen LogP contribution >= 0.6 is 0 Å². The highest BCUT2D eigenvalue weighted by atomic mass is 16.6. The number of anilines is 1. The number of fused-ring (bicyclic) bond motifs is 1. The van der Waals surface area contributed by atoms with Crippen LogP contribution < -0.4 is 9.64 Å². The number of imidazole rings is 1. The van der Waals surface area contributed by atoms with E-state index < -0.39 is 5.60 Å². The zero-order valence-electron chi connectivity index (χ0n) is 19.3. The van der Waals surface area contributed by atoms with Crippen LogP contribution in [0.3, 0.4) is 0 Å². The van der Waals surface area contributed by atoms with E-state index >= 15 is 0 Å². The summed E-state index contributed by atoms with van der Waals surface area (Å²) in [5, 5.41) is 9.29. The van der Waals surface area contributed by atoms with Gasteiger partial charge in [0.15, 0.2) is 0 Å². The summed E-state index contributed by atoms with van der Waals surface area (Å²) in [5.74, 6) is 0.724. The molecule has 2 aliphatic rings. The molecule has 2 heterocycles. The van der Waals surface area contributed by atoms with Crippen LogP contribution in [-0.2, 0) is 11.3 Å². The molecule has 5 rings (SSSR count). The van der Waals surface area contributed by atoms with Crippen LogP contribution in [0.15, 0.2) is 42.7 Å². The molecule has 3 aromatic rings. The number of carbonyl (C=O) groups excluding carboxylic acids is 1. The lowest BCUT2D eigenvalue weighted by molar-refractivity contribution is -0.0264. The molecule has 1 saturated heterocycles. The van der Waals surface area contributed by atoms with Crippen LogP contribution in [0.1, 0.15) is 43.7 Å². The Hall–Kier alpha value is -3.53. The lowest BCUT2D eigenvalue weighted by Gasteiger charge is -2.43. The molecule has 0 unspecified atom stereocenters. The number of aryl methyl sites for hydroxylation is 1. The Morgan fingerprint density at radius 2 is 2.09 bits per heavy atom. The summed E-state index contributed by atoms with van der Waals surface area (Å²) in [4.78, 5) is 19.3. The zero-order valence-corrected chi connectivity index (χ0v) is 19.3. The van der Waals surface area contributed by atoms with Gasteiger partial charge >= 0.3 is 6.09 Å². The Kier molecular flexibility index (Phi) is 5.04. The maximum absolute atomic E-state index is 13.0. The standard InChI is InChI=1S/C26H28N4O3/c1-18-5-7-20(32-3)12-22(18)30-16-26(33-24(30)31)10-4-9-25(2,14-26)15-29-17-28-21-8-6-19(13-27)11-23(21)29/h5-8,11-12,17H,4,9-10,14-16H2,1-3H3/t25-,26-/m0/s1. The molecule has 1 saturated carbocycles. The van der Waals surface area contributed by atoms with Crippen molar-refractivity contribution in [2.45, 2.75) is 51.7 Å². The second-order valence-corrected chi connectivity index (χ2v) is 9.82. The number of nitrogens with zero attached hydrogens (tertiary/aromatic N) is 4. The van der Waals surface area contributed by atoms with E-state index in [-0.39, 0.29) is 11.5 Å². The number of hydrogen-bond acceptors (Lipinski definition) is 5. The topological polar surface area (TPSA) is 80.4 Å². The van der Waals surface area contributed by atoms with Gasteiger partial charge in [-0.25, -0.2) is 9.78 Å². The normalized spacial score (nSPS) is 24.8. The highest BCUT2D eigenvalue weighted by molar-refractivity contribution is 5.91. The van der Waals surface area contributed by atoms with Crippen molar-refractivity contribution in [1.82, 2.24) is 9.55 Å². The third-order valence-electron chi connectivity index (χ3n) is 7.14. The van der Waals surface area contributed by atoms with Crippen molar-refractivity contribution in [2.75, 3.05) is 18.6 Å². The van der Waals surface area contributed by atoms with Gasteiger partial charge in [-0.2, -0.15) is 5.26 Å².